The van der Waals surface area contributed by atoms with Gasteiger partial charge in [0.25, 0.3) is 0 Å². The Morgan fingerprint density at radius 2 is 1.11 bits per heavy atom. The molecule has 7 aromatic rings. The van der Waals surface area contributed by atoms with E-state index in [1.54, 1.807) is 0 Å². The molecule has 1 nitrogen and oxygen atoms in total. The number of fused-ring (bicyclic) bond motifs is 5. The first-order valence-electron chi connectivity index (χ1n) is 12.1. The van der Waals surface area contributed by atoms with Crippen LogP contribution in [0.4, 0.5) is 0 Å². The third-order valence-electron chi connectivity index (χ3n) is 7.16. The predicted molar refractivity (Wildman–Crippen MR) is 150 cm³/mol. The van der Waals surface area contributed by atoms with Crippen LogP contribution in [0.1, 0.15) is 5.56 Å². The number of pyridine rings is 1. The summed E-state index contributed by atoms with van der Waals surface area (Å²) in [5.74, 6) is 0. The molecule has 35 heavy (non-hydrogen) atoms. The van der Waals surface area contributed by atoms with Crippen LogP contribution in [0.2, 0.25) is 0 Å². The van der Waals surface area contributed by atoms with E-state index >= 15 is 0 Å². The quantitative estimate of drug-likeness (QED) is 0.191. The van der Waals surface area contributed by atoms with Gasteiger partial charge >= 0.3 is 0 Å². The zero-order valence-electron chi connectivity index (χ0n) is 19.5. The molecule has 164 valence electrons. The van der Waals surface area contributed by atoms with Crippen LogP contribution in [0.25, 0.3) is 65.5 Å². The Morgan fingerprint density at radius 1 is 0.486 bits per heavy atom. The minimum Gasteiger partial charge on any atom is -0.256 e. The summed E-state index contributed by atoms with van der Waals surface area (Å²) < 4.78 is 0. The predicted octanol–water partition coefficient (Wildman–Crippen LogP) is 9.34. The Balaban J connectivity index is 1.77. The average molecular weight is 446 g/mol. The van der Waals surface area contributed by atoms with E-state index in [-0.39, 0.29) is 0 Å². The van der Waals surface area contributed by atoms with Crippen molar-refractivity contribution in [2.24, 2.45) is 0 Å². The van der Waals surface area contributed by atoms with E-state index in [2.05, 4.69) is 128 Å². The van der Waals surface area contributed by atoms with Crippen LogP contribution < -0.4 is 0 Å². The van der Waals surface area contributed by atoms with Gasteiger partial charge < -0.3 is 0 Å². The third kappa shape index (κ3) is 3.05. The molecule has 0 aliphatic rings. The van der Waals surface area contributed by atoms with Crippen molar-refractivity contribution in [3.63, 3.8) is 0 Å². The number of nitrogens with zero attached hydrogens (tertiary/aromatic N) is 1. The molecular formula is C34H23N. The maximum absolute atomic E-state index is 4.92. The lowest BCUT2D eigenvalue weighted by Gasteiger charge is -2.20. The fraction of sp³-hybridized carbons (Fsp3) is 0.0294. The van der Waals surface area contributed by atoms with Gasteiger partial charge in [0, 0.05) is 22.4 Å². The maximum Gasteiger partial charge on any atom is 0.0708 e. The highest BCUT2D eigenvalue weighted by Gasteiger charge is 2.20. The summed E-state index contributed by atoms with van der Waals surface area (Å²) >= 11 is 0. The molecule has 1 aromatic heterocycles. The third-order valence-corrected chi connectivity index (χ3v) is 7.16. The number of benzene rings is 6. The Morgan fingerprint density at radius 3 is 1.91 bits per heavy atom. The van der Waals surface area contributed by atoms with Crippen molar-refractivity contribution in [1.29, 1.82) is 0 Å². The van der Waals surface area contributed by atoms with Gasteiger partial charge in [0.15, 0.2) is 0 Å². The van der Waals surface area contributed by atoms with Crippen molar-refractivity contribution in [3.8, 4) is 22.3 Å². The van der Waals surface area contributed by atoms with Crippen molar-refractivity contribution in [1.82, 2.24) is 4.98 Å². The molecule has 0 atom stereocenters. The van der Waals surface area contributed by atoms with Crippen LogP contribution in [0.5, 0.6) is 0 Å². The lowest BCUT2D eigenvalue weighted by molar-refractivity contribution is 1.44. The van der Waals surface area contributed by atoms with Gasteiger partial charge in [-0.15, -0.1) is 0 Å². The molecule has 0 bridgehead atoms. The molecular weight excluding hydrogens is 422 g/mol. The minimum absolute atomic E-state index is 1.02. The van der Waals surface area contributed by atoms with E-state index in [1.165, 1.54) is 65.5 Å². The molecule has 0 amide bonds. The number of rotatable bonds is 2. The molecule has 0 aliphatic heterocycles. The van der Waals surface area contributed by atoms with Crippen LogP contribution in [0.3, 0.4) is 0 Å². The topological polar surface area (TPSA) is 12.9 Å². The molecule has 1 heterocycles. The van der Waals surface area contributed by atoms with E-state index in [0.29, 0.717) is 0 Å². The van der Waals surface area contributed by atoms with E-state index < -0.39 is 0 Å². The van der Waals surface area contributed by atoms with Gasteiger partial charge in [-0.25, -0.2) is 0 Å². The fourth-order valence-electron chi connectivity index (χ4n) is 5.55. The number of para-hydroxylation sites is 1. The zero-order chi connectivity index (χ0) is 23.4. The molecule has 7 rings (SSSR count). The molecule has 0 saturated carbocycles. The average Bonchev–Trinajstić information content (AvgIpc) is 2.92. The van der Waals surface area contributed by atoms with Gasteiger partial charge in [0.1, 0.15) is 0 Å². The second-order valence-corrected chi connectivity index (χ2v) is 9.25. The Kier molecular flexibility index (Phi) is 4.43. The highest BCUT2D eigenvalue weighted by molar-refractivity contribution is 6.28. The van der Waals surface area contributed by atoms with Crippen LogP contribution in [-0.4, -0.2) is 4.98 Å². The molecule has 0 spiro atoms. The van der Waals surface area contributed by atoms with Crippen LogP contribution in [0, 0.1) is 6.92 Å². The van der Waals surface area contributed by atoms with Gasteiger partial charge in [-0.2, -0.15) is 0 Å². The largest absolute Gasteiger partial charge is 0.256 e. The summed E-state index contributed by atoms with van der Waals surface area (Å²) in [7, 11) is 0. The molecule has 0 aliphatic carbocycles. The summed E-state index contributed by atoms with van der Waals surface area (Å²) in [5, 5.41) is 8.68. The Hall–Kier alpha value is -4.49. The first kappa shape index (κ1) is 19.9. The fourth-order valence-corrected chi connectivity index (χ4v) is 5.55. The van der Waals surface area contributed by atoms with Crippen LogP contribution >= 0.6 is 0 Å². The molecule has 6 aromatic carbocycles. The van der Waals surface area contributed by atoms with Crippen molar-refractivity contribution >= 4 is 43.2 Å². The van der Waals surface area contributed by atoms with Gasteiger partial charge in [0.2, 0.25) is 0 Å². The lowest BCUT2D eigenvalue weighted by Crippen LogP contribution is -1.94. The Bertz CT molecular complexity index is 1890. The summed E-state index contributed by atoms with van der Waals surface area (Å²) in [6, 6.07) is 41.6. The second kappa shape index (κ2) is 7.78. The Labute approximate surface area is 204 Å². The van der Waals surface area contributed by atoms with Gasteiger partial charge in [0.05, 0.1) is 5.52 Å². The molecule has 0 saturated heterocycles. The van der Waals surface area contributed by atoms with Gasteiger partial charge in [-0.1, -0.05) is 115 Å². The van der Waals surface area contributed by atoms with Crippen molar-refractivity contribution in [2.75, 3.05) is 0 Å². The SMILES string of the molecule is Cc1ccc(-c2c3ccccc3c(-c3cccc4ccccc34)c3c2cnc2ccccc23)cc1. The highest BCUT2D eigenvalue weighted by Crippen LogP contribution is 2.46. The molecule has 0 unspecified atom stereocenters. The molecule has 0 radical (unpaired) electrons. The molecule has 0 N–H and O–H groups in total. The number of aryl methyl sites for hydroxylation is 1. The molecule has 0 fully saturated rings. The smallest absolute Gasteiger partial charge is 0.0708 e. The summed E-state index contributed by atoms with van der Waals surface area (Å²) in [6.07, 6.45) is 2.08. The monoisotopic (exact) mass is 445 g/mol. The summed E-state index contributed by atoms with van der Waals surface area (Å²) in [6.45, 7) is 2.14. The van der Waals surface area contributed by atoms with Gasteiger partial charge in [-0.3, -0.25) is 4.98 Å². The van der Waals surface area contributed by atoms with Crippen molar-refractivity contribution in [3.05, 3.63) is 127 Å². The molecule has 1 heteroatoms. The summed E-state index contributed by atoms with van der Waals surface area (Å²) in [5.41, 5.74) is 7.29. The van der Waals surface area contributed by atoms with Crippen molar-refractivity contribution < 1.29 is 0 Å². The van der Waals surface area contributed by atoms with Crippen LogP contribution in [-0.2, 0) is 0 Å². The van der Waals surface area contributed by atoms with E-state index in [0.717, 1.165) is 5.52 Å². The first-order valence-corrected chi connectivity index (χ1v) is 12.1. The minimum atomic E-state index is 1.02. The van der Waals surface area contributed by atoms with Crippen LogP contribution in [0.15, 0.2) is 121 Å². The number of hydrogen-bond acceptors (Lipinski definition) is 1. The number of aromatic nitrogens is 1. The van der Waals surface area contributed by atoms with Gasteiger partial charge in [-0.05, 0) is 56.8 Å². The first-order chi connectivity index (χ1) is 17.3. The van der Waals surface area contributed by atoms with E-state index in [1.807, 2.05) is 0 Å². The van der Waals surface area contributed by atoms with Crippen molar-refractivity contribution in [2.45, 2.75) is 6.92 Å². The second-order valence-electron chi connectivity index (χ2n) is 9.25. The zero-order valence-corrected chi connectivity index (χ0v) is 19.5. The standard InChI is InChI=1S/C34H23N/c1-22-17-19-24(20-18-22)32-27-12-4-5-13-28(27)33(26-15-8-10-23-9-2-3-11-25(23)26)34-29-14-6-7-16-31(29)35-21-30(32)34/h2-21H,1H3. The van der Waals surface area contributed by atoms with E-state index in [9.17, 15) is 0 Å². The normalized spacial score (nSPS) is 11.6. The van der Waals surface area contributed by atoms with E-state index in [4.69, 9.17) is 4.98 Å². The lowest BCUT2D eigenvalue weighted by atomic mass is 9.84. The highest BCUT2D eigenvalue weighted by atomic mass is 14.6. The summed E-state index contributed by atoms with van der Waals surface area (Å²) in [4.78, 5) is 4.92. The number of hydrogen-bond donors (Lipinski definition) is 0. The maximum atomic E-state index is 4.92.